The number of likely N-dealkylation sites (N-methyl/N-ethyl adjacent to an activating group) is 1. The molecule has 1 aliphatic rings. The van der Waals surface area contributed by atoms with Crippen LogP contribution in [0.25, 0.3) is 22.3 Å². The zero-order valence-electron chi connectivity index (χ0n) is 21.8. The number of benzene rings is 2. The molecule has 2 aromatic heterocycles. The van der Waals surface area contributed by atoms with Gasteiger partial charge in [0.1, 0.15) is 29.3 Å². The van der Waals surface area contributed by atoms with Gasteiger partial charge >= 0.3 is 0 Å². The molecule has 1 atom stereocenters. The largest absolute Gasteiger partial charge is 0.457 e. The van der Waals surface area contributed by atoms with E-state index in [9.17, 15) is 4.79 Å². The molecule has 0 bridgehead atoms. The van der Waals surface area contributed by atoms with Crippen LogP contribution in [0.3, 0.4) is 0 Å². The predicted octanol–water partition coefficient (Wildman–Crippen LogP) is 4.54. The lowest BCUT2D eigenvalue weighted by atomic mass is 10.1. The maximum atomic E-state index is 12.9. The summed E-state index contributed by atoms with van der Waals surface area (Å²) in [4.78, 5) is 25.7. The molecule has 38 heavy (non-hydrogen) atoms. The van der Waals surface area contributed by atoms with E-state index in [0.29, 0.717) is 18.0 Å². The number of hydrogen-bond acceptors (Lipinski definition) is 7. The van der Waals surface area contributed by atoms with Gasteiger partial charge in [-0.15, -0.1) is 0 Å². The van der Waals surface area contributed by atoms with Gasteiger partial charge in [0.2, 0.25) is 5.91 Å². The Morgan fingerprint density at radius 1 is 1.13 bits per heavy atom. The van der Waals surface area contributed by atoms with Gasteiger partial charge in [-0.1, -0.05) is 31.2 Å². The number of likely N-dealkylation sites (tertiary alicyclic amines) is 1. The van der Waals surface area contributed by atoms with Crippen molar-refractivity contribution in [3.05, 3.63) is 73.1 Å². The molecule has 0 saturated carbocycles. The molecule has 9 nitrogen and oxygen atoms in total. The molecule has 2 aromatic carbocycles. The highest BCUT2D eigenvalue weighted by Gasteiger charge is 2.28. The van der Waals surface area contributed by atoms with Crippen molar-refractivity contribution in [3.63, 3.8) is 0 Å². The summed E-state index contributed by atoms with van der Waals surface area (Å²) in [5.41, 5.74) is 8.62. The molecule has 2 N–H and O–H groups in total. The summed E-state index contributed by atoms with van der Waals surface area (Å²) in [5, 5.41) is 5.70. The van der Waals surface area contributed by atoms with Crippen LogP contribution in [0.1, 0.15) is 25.8 Å². The molecule has 196 valence electrons. The minimum Gasteiger partial charge on any atom is -0.457 e. The number of para-hydroxylation sites is 1. The smallest absolute Gasteiger partial charge is 0.246 e. The fourth-order valence-electron chi connectivity index (χ4n) is 4.68. The van der Waals surface area contributed by atoms with E-state index in [1.165, 1.54) is 6.33 Å². The third kappa shape index (κ3) is 5.52. The molecular formula is C29H33N7O2. The van der Waals surface area contributed by atoms with Crippen molar-refractivity contribution in [1.29, 1.82) is 0 Å². The van der Waals surface area contributed by atoms with Crippen molar-refractivity contribution < 1.29 is 9.53 Å². The first kappa shape index (κ1) is 25.4. The minimum absolute atomic E-state index is 0.00866. The number of aromatic nitrogens is 4. The normalized spacial score (nSPS) is 16.0. The summed E-state index contributed by atoms with van der Waals surface area (Å²) in [5.74, 6) is 1.91. The first-order chi connectivity index (χ1) is 18.5. The van der Waals surface area contributed by atoms with Crippen LogP contribution in [0.15, 0.2) is 73.1 Å². The lowest BCUT2D eigenvalue weighted by molar-refractivity contribution is -0.127. The summed E-state index contributed by atoms with van der Waals surface area (Å²) in [6.07, 6.45) is 6.86. The molecule has 9 heteroatoms. The van der Waals surface area contributed by atoms with Crippen LogP contribution >= 0.6 is 0 Å². The number of nitrogen functional groups attached to an aromatic ring is 1. The van der Waals surface area contributed by atoms with Gasteiger partial charge in [0.15, 0.2) is 5.65 Å². The Hall–Kier alpha value is -4.24. The van der Waals surface area contributed by atoms with Crippen molar-refractivity contribution in [2.24, 2.45) is 0 Å². The Morgan fingerprint density at radius 3 is 2.66 bits per heavy atom. The number of piperidine rings is 1. The summed E-state index contributed by atoms with van der Waals surface area (Å²) < 4.78 is 7.86. The highest BCUT2D eigenvalue weighted by Crippen LogP contribution is 2.34. The Bertz CT molecular complexity index is 1420. The monoisotopic (exact) mass is 511 g/mol. The van der Waals surface area contributed by atoms with E-state index in [-0.39, 0.29) is 11.9 Å². The molecule has 0 radical (unpaired) electrons. The average Bonchev–Trinajstić information content (AvgIpc) is 3.35. The number of nitrogens with zero attached hydrogens (tertiary/aromatic N) is 6. The molecule has 1 fully saturated rings. The summed E-state index contributed by atoms with van der Waals surface area (Å²) >= 11 is 0. The van der Waals surface area contributed by atoms with Crippen LogP contribution < -0.4 is 10.5 Å². The highest BCUT2D eigenvalue weighted by atomic mass is 16.5. The predicted molar refractivity (Wildman–Crippen MR) is 149 cm³/mol. The summed E-state index contributed by atoms with van der Waals surface area (Å²) in [7, 11) is 2.03. The standard InChI is InChI=1S/C29H33N7O2/c1-3-34(2)17-8-12-25(37)35-18-7-9-22(19-35)36-29-26(28(30)31-20-32-29)27(33-36)21-13-15-24(16-14-21)38-23-10-5-4-6-11-23/h4-6,8,10-16,20,22H,3,7,9,17-19H2,1-2H3,(H2,30,31,32)/b12-8+/t22-/m1/s1. The van der Waals surface area contributed by atoms with E-state index in [0.717, 1.165) is 60.6 Å². The van der Waals surface area contributed by atoms with E-state index >= 15 is 0 Å². The second kappa shape index (κ2) is 11.4. The van der Waals surface area contributed by atoms with Gasteiger partial charge in [-0.3, -0.25) is 4.79 Å². The van der Waals surface area contributed by atoms with Crippen LogP contribution in [0.4, 0.5) is 5.82 Å². The topological polar surface area (TPSA) is 102 Å². The number of rotatable bonds is 8. The number of hydrogen-bond donors (Lipinski definition) is 1. The van der Waals surface area contributed by atoms with Crippen LogP contribution in [0.2, 0.25) is 0 Å². The van der Waals surface area contributed by atoms with Crippen LogP contribution in [-0.4, -0.2) is 68.7 Å². The van der Waals surface area contributed by atoms with Crippen LogP contribution in [0.5, 0.6) is 11.5 Å². The molecule has 1 saturated heterocycles. The van der Waals surface area contributed by atoms with Gasteiger partial charge in [-0.05, 0) is 62.8 Å². The van der Waals surface area contributed by atoms with Gasteiger partial charge in [0.05, 0.1) is 11.4 Å². The number of amides is 1. The third-order valence-electron chi connectivity index (χ3n) is 6.90. The first-order valence-electron chi connectivity index (χ1n) is 13.0. The van der Waals surface area contributed by atoms with Crippen LogP contribution in [0, 0.1) is 0 Å². The fraction of sp³-hybridized carbons (Fsp3) is 0.310. The molecule has 0 unspecified atom stereocenters. The van der Waals surface area contributed by atoms with E-state index in [2.05, 4.69) is 21.8 Å². The quantitative estimate of drug-likeness (QED) is 0.347. The Morgan fingerprint density at radius 2 is 1.89 bits per heavy atom. The molecule has 4 aromatic rings. The van der Waals surface area contributed by atoms with Crippen LogP contribution in [-0.2, 0) is 4.79 Å². The summed E-state index contributed by atoms with van der Waals surface area (Å²) in [6, 6.07) is 17.4. The van der Waals surface area contributed by atoms with Crippen molar-refractivity contribution in [3.8, 4) is 22.8 Å². The van der Waals surface area contributed by atoms with E-state index in [4.69, 9.17) is 15.6 Å². The second-order valence-corrected chi connectivity index (χ2v) is 9.53. The Labute approximate surface area is 222 Å². The summed E-state index contributed by atoms with van der Waals surface area (Å²) in [6.45, 7) is 5.08. The van der Waals surface area contributed by atoms with E-state index < -0.39 is 0 Å². The van der Waals surface area contributed by atoms with Crippen molar-refractivity contribution >= 4 is 22.8 Å². The SMILES string of the molecule is CCN(C)C/C=C/C(=O)N1CCC[C@@H](n2nc(-c3ccc(Oc4ccccc4)cc3)c3c(N)ncnc32)C1. The molecule has 0 spiro atoms. The maximum absolute atomic E-state index is 12.9. The van der Waals surface area contributed by atoms with E-state index in [1.807, 2.05) is 77.3 Å². The zero-order valence-corrected chi connectivity index (χ0v) is 21.8. The third-order valence-corrected chi connectivity index (χ3v) is 6.90. The molecule has 3 heterocycles. The van der Waals surface area contributed by atoms with Gasteiger partial charge in [0, 0.05) is 31.3 Å². The number of carbonyl (C=O) groups is 1. The minimum atomic E-state index is -0.00866. The molecule has 5 rings (SSSR count). The molecule has 0 aliphatic carbocycles. The van der Waals surface area contributed by atoms with Gasteiger partial charge in [0.25, 0.3) is 0 Å². The van der Waals surface area contributed by atoms with Crippen molar-refractivity contribution in [1.82, 2.24) is 29.5 Å². The zero-order chi connectivity index (χ0) is 26.5. The Balaban J connectivity index is 1.40. The lowest BCUT2D eigenvalue weighted by Crippen LogP contribution is -2.40. The van der Waals surface area contributed by atoms with Gasteiger partial charge in [-0.2, -0.15) is 5.10 Å². The number of ether oxygens (including phenoxy) is 1. The van der Waals surface area contributed by atoms with Crippen molar-refractivity contribution in [2.75, 3.05) is 39.0 Å². The van der Waals surface area contributed by atoms with Gasteiger partial charge in [-0.25, -0.2) is 14.6 Å². The molecule has 1 amide bonds. The Kier molecular flexibility index (Phi) is 7.65. The second-order valence-electron chi connectivity index (χ2n) is 9.53. The molecular weight excluding hydrogens is 478 g/mol. The fourth-order valence-corrected chi connectivity index (χ4v) is 4.68. The van der Waals surface area contributed by atoms with E-state index in [1.54, 1.807) is 6.08 Å². The number of anilines is 1. The maximum Gasteiger partial charge on any atom is 0.246 e. The highest BCUT2D eigenvalue weighted by molar-refractivity contribution is 5.98. The number of carbonyl (C=O) groups excluding carboxylic acids is 1. The van der Waals surface area contributed by atoms with Gasteiger partial charge < -0.3 is 20.3 Å². The average molecular weight is 512 g/mol. The van der Waals surface area contributed by atoms with Crippen molar-refractivity contribution in [2.45, 2.75) is 25.8 Å². The number of fused-ring (bicyclic) bond motifs is 1. The first-order valence-corrected chi connectivity index (χ1v) is 13.0. The lowest BCUT2D eigenvalue weighted by Gasteiger charge is -2.32. The molecule has 1 aliphatic heterocycles. The number of nitrogens with two attached hydrogens (primary N) is 1.